The fourth-order valence-electron chi connectivity index (χ4n) is 3.75. The Balaban J connectivity index is 1.64. The molecule has 0 amide bonds. The van der Waals surface area contributed by atoms with E-state index in [1.807, 2.05) is 6.92 Å². The Hall–Kier alpha value is -3.15. The van der Waals surface area contributed by atoms with Gasteiger partial charge in [-0.2, -0.15) is 5.26 Å². The van der Waals surface area contributed by atoms with Gasteiger partial charge in [-0.25, -0.2) is 14.4 Å². The number of carbonyl (C=O) groups is 1. The summed E-state index contributed by atoms with van der Waals surface area (Å²) in [4.78, 5) is 21.9. The Kier molecular flexibility index (Phi) is 6.07. The van der Waals surface area contributed by atoms with Gasteiger partial charge in [0.05, 0.1) is 11.6 Å². The van der Waals surface area contributed by atoms with Crippen LogP contribution in [0, 0.1) is 24.1 Å². The third kappa shape index (κ3) is 4.48. The van der Waals surface area contributed by atoms with Crippen LogP contribution in [0.1, 0.15) is 41.3 Å². The third-order valence-electron chi connectivity index (χ3n) is 5.41. The molecule has 158 valence electrons. The maximum atomic E-state index is 14.3. The van der Waals surface area contributed by atoms with Crippen molar-refractivity contribution in [2.45, 2.75) is 44.9 Å². The molecule has 6 nitrogen and oxygen atoms in total. The molecule has 0 spiro atoms. The first-order chi connectivity index (χ1) is 15.0. The van der Waals surface area contributed by atoms with Crippen molar-refractivity contribution in [1.29, 1.82) is 5.26 Å². The number of hydrogen-bond acceptors (Lipinski definition) is 7. The number of halogens is 1. The van der Waals surface area contributed by atoms with Gasteiger partial charge in [-0.3, -0.25) is 4.79 Å². The second kappa shape index (κ2) is 8.92. The number of pyridine rings is 1. The standard InChI is InChI=1S/C23H21FN4O2S/c1-13-3-4-19(30-22-14(2)15(12-25)5-6-26-22)20(28-13)21(29)16-9-17(11-18(24)10-16)23-27-7-8-31-23/h5-11,13,19-20,28H,3-4H2,1-2H3/t13-,19-,20?/m1/s1. The summed E-state index contributed by atoms with van der Waals surface area (Å²) in [6, 6.07) is 7.48. The van der Waals surface area contributed by atoms with Crippen molar-refractivity contribution in [2.75, 3.05) is 0 Å². The van der Waals surface area contributed by atoms with E-state index >= 15 is 0 Å². The van der Waals surface area contributed by atoms with Gasteiger partial charge in [0, 0.05) is 40.5 Å². The van der Waals surface area contributed by atoms with Crippen molar-refractivity contribution in [2.24, 2.45) is 0 Å². The molecule has 0 aliphatic carbocycles. The van der Waals surface area contributed by atoms with Gasteiger partial charge in [-0.15, -0.1) is 11.3 Å². The van der Waals surface area contributed by atoms with Crippen molar-refractivity contribution in [3.63, 3.8) is 0 Å². The van der Waals surface area contributed by atoms with Crippen molar-refractivity contribution < 1.29 is 13.9 Å². The van der Waals surface area contributed by atoms with Gasteiger partial charge in [-0.1, -0.05) is 0 Å². The molecular formula is C23H21FN4O2S. The van der Waals surface area contributed by atoms with E-state index in [-0.39, 0.29) is 17.4 Å². The number of ether oxygens (including phenoxy) is 1. The van der Waals surface area contributed by atoms with E-state index in [4.69, 9.17) is 4.74 Å². The molecule has 1 saturated heterocycles. The number of nitrogens with one attached hydrogen (secondary N) is 1. The highest BCUT2D eigenvalue weighted by Crippen LogP contribution is 2.28. The first-order valence-electron chi connectivity index (χ1n) is 9.99. The third-order valence-corrected chi connectivity index (χ3v) is 6.23. The average Bonchev–Trinajstić information content (AvgIpc) is 3.30. The average molecular weight is 437 g/mol. The Bertz CT molecular complexity index is 1140. The van der Waals surface area contributed by atoms with E-state index in [1.165, 1.54) is 29.7 Å². The molecule has 0 bridgehead atoms. The zero-order valence-electron chi connectivity index (χ0n) is 17.1. The fourth-order valence-corrected chi connectivity index (χ4v) is 4.38. The van der Waals surface area contributed by atoms with Crippen LogP contribution in [-0.4, -0.2) is 33.9 Å². The minimum absolute atomic E-state index is 0.111. The summed E-state index contributed by atoms with van der Waals surface area (Å²) in [6.45, 7) is 3.77. The number of ketones is 1. The zero-order chi connectivity index (χ0) is 22.0. The van der Waals surface area contributed by atoms with Crippen LogP contribution < -0.4 is 10.1 Å². The van der Waals surface area contributed by atoms with Crippen molar-refractivity contribution in [1.82, 2.24) is 15.3 Å². The predicted molar refractivity (Wildman–Crippen MR) is 116 cm³/mol. The second-order valence-electron chi connectivity index (χ2n) is 7.61. The molecule has 1 fully saturated rings. The van der Waals surface area contributed by atoms with Gasteiger partial charge in [0.15, 0.2) is 5.78 Å². The predicted octanol–water partition coefficient (Wildman–Crippen LogP) is 4.30. The summed E-state index contributed by atoms with van der Waals surface area (Å²) in [5, 5.41) is 15.0. The fraction of sp³-hybridized carbons (Fsp3) is 0.304. The lowest BCUT2D eigenvalue weighted by atomic mass is 9.90. The highest BCUT2D eigenvalue weighted by atomic mass is 32.1. The van der Waals surface area contributed by atoms with Crippen LogP contribution in [0.2, 0.25) is 0 Å². The van der Waals surface area contributed by atoms with Crippen LogP contribution in [0.5, 0.6) is 5.88 Å². The normalized spacial score (nSPS) is 20.8. The van der Waals surface area contributed by atoms with Crippen LogP contribution in [0.15, 0.2) is 42.0 Å². The topological polar surface area (TPSA) is 87.9 Å². The Morgan fingerprint density at radius 2 is 2.13 bits per heavy atom. The van der Waals surface area contributed by atoms with Crippen LogP contribution >= 0.6 is 11.3 Å². The van der Waals surface area contributed by atoms with Crippen molar-refractivity contribution in [3.05, 3.63) is 64.5 Å². The number of carbonyl (C=O) groups excluding carboxylic acids is 1. The number of piperidine rings is 1. The van der Waals surface area contributed by atoms with Gasteiger partial charge < -0.3 is 10.1 Å². The summed E-state index contributed by atoms with van der Waals surface area (Å²) in [7, 11) is 0. The molecule has 4 rings (SSSR count). The summed E-state index contributed by atoms with van der Waals surface area (Å²) in [5.74, 6) is -0.402. The number of Topliss-reactive ketones (excluding diaryl/α,β-unsaturated/α-hetero) is 1. The van der Waals surface area contributed by atoms with Crippen LogP contribution in [0.4, 0.5) is 4.39 Å². The lowest BCUT2D eigenvalue weighted by Gasteiger charge is -2.35. The van der Waals surface area contributed by atoms with Gasteiger partial charge in [0.1, 0.15) is 23.0 Å². The smallest absolute Gasteiger partial charge is 0.217 e. The number of aromatic nitrogens is 2. The van der Waals surface area contributed by atoms with Gasteiger partial charge in [0.25, 0.3) is 0 Å². The highest BCUT2D eigenvalue weighted by molar-refractivity contribution is 7.13. The quantitative estimate of drug-likeness (QED) is 0.600. The summed E-state index contributed by atoms with van der Waals surface area (Å²) in [6.07, 6.45) is 4.13. The molecule has 0 radical (unpaired) electrons. The van der Waals surface area contributed by atoms with Crippen molar-refractivity contribution in [3.8, 4) is 22.5 Å². The van der Waals surface area contributed by atoms with Crippen molar-refractivity contribution >= 4 is 17.1 Å². The van der Waals surface area contributed by atoms with Gasteiger partial charge in [-0.05, 0) is 51.0 Å². The Labute approximate surface area is 183 Å². The first-order valence-corrected chi connectivity index (χ1v) is 10.9. The van der Waals surface area contributed by atoms with E-state index in [9.17, 15) is 14.4 Å². The molecule has 1 N–H and O–H groups in total. The van der Waals surface area contributed by atoms with E-state index in [1.54, 1.807) is 30.6 Å². The minimum atomic E-state index is -0.665. The maximum Gasteiger partial charge on any atom is 0.217 e. The zero-order valence-corrected chi connectivity index (χ0v) is 17.9. The SMILES string of the molecule is Cc1c(C#N)ccnc1O[C@@H]1CC[C@@H](C)NC1C(=O)c1cc(F)cc(-c2nccs2)c1. The minimum Gasteiger partial charge on any atom is -0.472 e. The van der Waals surface area contributed by atoms with Crippen LogP contribution in [-0.2, 0) is 0 Å². The molecule has 2 aromatic heterocycles. The number of benzene rings is 1. The molecule has 1 unspecified atom stereocenters. The maximum absolute atomic E-state index is 14.3. The first kappa shape index (κ1) is 21.1. The van der Waals surface area contributed by atoms with E-state index in [2.05, 4.69) is 21.4 Å². The summed E-state index contributed by atoms with van der Waals surface area (Å²) < 4.78 is 20.5. The van der Waals surface area contributed by atoms with E-state index < -0.39 is 18.0 Å². The van der Waals surface area contributed by atoms with Gasteiger partial charge in [0.2, 0.25) is 5.88 Å². The largest absolute Gasteiger partial charge is 0.472 e. The molecule has 3 aromatic rings. The Morgan fingerprint density at radius 3 is 2.87 bits per heavy atom. The van der Waals surface area contributed by atoms with E-state index in [0.717, 1.165) is 6.42 Å². The number of rotatable bonds is 5. The lowest BCUT2D eigenvalue weighted by molar-refractivity contribution is 0.0671. The Morgan fingerprint density at radius 1 is 1.29 bits per heavy atom. The molecule has 3 heterocycles. The van der Waals surface area contributed by atoms with Crippen LogP contribution in [0.3, 0.4) is 0 Å². The second-order valence-corrected chi connectivity index (χ2v) is 8.50. The highest BCUT2D eigenvalue weighted by Gasteiger charge is 2.36. The van der Waals surface area contributed by atoms with Gasteiger partial charge >= 0.3 is 0 Å². The monoisotopic (exact) mass is 436 g/mol. The molecule has 1 aromatic carbocycles. The van der Waals surface area contributed by atoms with E-state index in [0.29, 0.717) is 34.0 Å². The summed E-state index contributed by atoms with van der Waals surface area (Å²) >= 11 is 1.38. The molecular weight excluding hydrogens is 415 g/mol. The number of thiazole rings is 1. The molecule has 8 heteroatoms. The number of nitrogens with zero attached hydrogens (tertiary/aromatic N) is 3. The number of hydrogen-bond donors (Lipinski definition) is 1. The lowest BCUT2D eigenvalue weighted by Crippen LogP contribution is -2.55. The molecule has 31 heavy (non-hydrogen) atoms. The molecule has 0 saturated carbocycles. The summed E-state index contributed by atoms with van der Waals surface area (Å²) in [5.41, 5.74) is 1.94. The molecule has 1 aliphatic rings. The number of nitriles is 1. The molecule has 3 atom stereocenters. The molecule has 1 aliphatic heterocycles. The van der Waals surface area contributed by atoms with Crippen LogP contribution in [0.25, 0.3) is 10.6 Å².